The van der Waals surface area contributed by atoms with Crippen molar-refractivity contribution in [2.45, 2.75) is 31.3 Å². The van der Waals surface area contributed by atoms with Crippen molar-refractivity contribution in [1.29, 1.82) is 0 Å². The molecule has 20 heavy (non-hydrogen) atoms. The van der Waals surface area contributed by atoms with Crippen molar-refractivity contribution in [2.75, 3.05) is 6.61 Å². The van der Waals surface area contributed by atoms with Crippen LogP contribution >= 0.6 is 0 Å². The van der Waals surface area contributed by atoms with Gasteiger partial charge in [-0.05, 0) is 31.0 Å². The third-order valence-electron chi connectivity index (χ3n) is 2.68. The Morgan fingerprint density at radius 1 is 1.30 bits per heavy atom. The molecule has 2 unspecified atom stereocenters. The summed E-state index contributed by atoms with van der Waals surface area (Å²) in [6, 6.07) is 6.11. The number of benzene rings is 1. The molecule has 0 fully saturated rings. The highest BCUT2D eigenvalue weighted by Crippen LogP contribution is 2.10. The van der Waals surface area contributed by atoms with Crippen molar-refractivity contribution >= 4 is 22.7 Å². The van der Waals surface area contributed by atoms with Gasteiger partial charge in [0.1, 0.15) is 5.25 Å². The van der Waals surface area contributed by atoms with Crippen LogP contribution in [0.5, 0.6) is 0 Å². The lowest BCUT2D eigenvalue weighted by Gasteiger charge is -2.11. The van der Waals surface area contributed by atoms with Crippen molar-refractivity contribution in [3.05, 3.63) is 35.4 Å². The van der Waals surface area contributed by atoms with Crippen LogP contribution in [-0.4, -0.2) is 33.1 Å². The number of ether oxygens (including phenoxy) is 1. The number of carboxylic acid groups (broad SMARTS) is 1. The first-order chi connectivity index (χ1) is 9.45. The Bertz CT molecular complexity index is 495. The molecule has 0 aromatic heterocycles. The van der Waals surface area contributed by atoms with Gasteiger partial charge in [-0.2, -0.15) is 0 Å². The highest BCUT2D eigenvalue weighted by Gasteiger charge is 2.21. The van der Waals surface area contributed by atoms with Crippen LogP contribution in [0.15, 0.2) is 24.3 Å². The molecule has 110 valence electrons. The first-order valence-corrected chi connectivity index (χ1v) is 7.70. The zero-order valence-corrected chi connectivity index (χ0v) is 12.3. The Hall–Kier alpha value is -1.69. The second kappa shape index (κ2) is 7.79. The number of carbonyl (C=O) groups is 2. The van der Waals surface area contributed by atoms with Crippen LogP contribution in [0.1, 0.15) is 36.2 Å². The molecule has 0 saturated heterocycles. The third-order valence-corrected chi connectivity index (χ3v) is 4.28. The van der Waals surface area contributed by atoms with E-state index in [1.54, 1.807) is 19.1 Å². The largest absolute Gasteiger partial charge is 0.478 e. The summed E-state index contributed by atoms with van der Waals surface area (Å²) >= 11 is 0. The summed E-state index contributed by atoms with van der Waals surface area (Å²) in [7, 11) is -1.39. The summed E-state index contributed by atoms with van der Waals surface area (Å²) in [6.07, 6.45) is 0.724. The smallest absolute Gasteiger partial charge is 0.335 e. The van der Waals surface area contributed by atoms with E-state index in [1.165, 1.54) is 12.1 Å². The number of aromatic carboxylic acids is 1. The van der Waals surface area contributed by atoms with E-state index in [1.807, 2.05) is 6.92 Å². The SMILES string of the molecule is CCCOC(=O)C(C)S(=O)Cc1ccc(C(=O)O)cc1. The molecule has 2 atom stereocenters. The number of hydrogen-bond acceptors (Lipinski definition) is 4. The Kier molecular flexibility index (Phi) is 6.38. The van der Waals surface area contributed by atoms with Gasteiger partial charge in [-0.3, -0.25) is 9.00 Å². The minimum Gasteiger partial charge on any atom is -0.478 e. The highest BCUT2D eigenvalue weighted by molar-refractivity contribution is 7.85. The quantitative estimate of drug-likeness (QED) is 0.778. The van der Waals surface area contributed by atoms with Gasteiger partial charge in [0.25, 0.3) is 0 Å². The van der Waals surface area contributed by atoms with E-state index >= 15 is 0 Å². The molecular weight excluding hydrogens is 280 g/mol. The molecule has 0 amide bonds. The molecule has 1 aromatic carbocycles. The topological polar surface area (TPSA) is 80.7 Å². The Morgan fingerprint density at radius 2 is 1.90 bits per heavy atom. The zero-order valence-electron chi connectivity index (χ0n) is 11.5. The van der Waals surface area contributed by atoms with Gasteiger partial charge in [-0.15, -0.1) is 0 Å². The summed E-state index contributed by atoms with van der Waals surface area (Å²) in [4.78, 5) is 22.3. The second-order valence-electron chi connectivity index (χ2n) is 4.34. The molecular formula is C14H18O5S. The van der Waals surface area contributed by atoms with Gasteiger partial charge < -0.3 is 9.84 Å². The van der Waals surface area contributed by atoms with Crippen molar-refractivity contribution in [3.8, 4) is 0 Å². The summed E-state index contributed by atoms with van der Waals surface area (Å²) in [6.45, 7) is 3.78. The molecule has 0 saturated carbocycles. The van der Waals surface area contributed by atoms with E-state index < -0.39 is 28.0 Å². The van der Waals surface area contributed by atoms with Crippen LogP contribution in [-0.2, 0) is 26.1 Å². The molecule has 1 rings (SSSR count). The monoisotopic (exact) mass is 298 g/mol. The number of carboxylic acids is 1. The minimum atomic E-state index is -1.39. The van der Waals surface area contributed by atoms with Crippen LogP contribution in [0.25, 0.3) is 0 Å². The summed E-state index contributed by atoms with van der Waals surface area (Å²) in [5.74, 6) is -1.27. The third kappa shape index (κ3) is 4.77. The van der Waals surface area contributed by atoms with Crippen molar-refractivity contribution < 1.29 is 23.6 Å². The van der Waals surface area contributed by atoms with Crippen LogP contribution < -0.4 is 0 Å². The van der Waals surface area contributed by atoms with Gasteiger partial charge in [-0.1, -0.05) is 19.1 Å². The lowest BCUT2D eigenvalue weighted by molar-refractivity contribution is -0.142. The molecule has 0 heterocycles. The van der Waals surface area contributed by atoms with E-state index in [-0.39, 0.29) is 11.3 Å². The molecule has 5 nitrogen and oxygen atoms in total. The van der Waals surface area contributed by atoms with Gasteiger partial charge >= 0.3 is 11.9 Å². The summed E-state index contributed by atoms with van der Waals surface area (Å²) < 4.78 is 17.0. The van der Waals surface area contributed by atoms with Crippen molar-refractivity contribution in [1.82, 2.24) is 0 Å². The molecule has 1 aromatic rings. The Labute approximate surface area is 120 Å². The summed E-state index contributed by atoms with van der Waals surface area (Å²) in [5.41, 5.74) is 0.901. The Morgan fingerprint density at radius 3 is 2.40 bits per heavy atom. The van der Waals surface area contributed by atoms with E-state index in [2.05, 4.69) is 0 Å². The molecule has 0 aliphatic rings. The maximum absolute atomic E-state index is 12.0. The van der Waals surface area contributed by atoms with Crippen LogP contribution in [0.3, 0.4) is 0 Å². The van der Waals surface area contributed by atoms with Gasteiger partial charge in [-0.25, -0.2) is 4.79 Å². The summed E-state index contributed by atoms with van der Waals surface area (Å²) in [5, 5.41) is 8.09. The van der Waals surface area contributed by atoms with Crippen LogP contribution in [0, 0.1) is 0 Å². The van der Waals surface area contributed by atoms with E-state index in [9.17, 15) is 13.8 Å². The molecule has 0 radical (unpaired) electrons. The lowest BCUT2D eigenvalue weighted by Crippen LogP contribution is -2.26. The van der Waals surface area contributed by atoms with Gasteiger partial charge in [0.05, 0.1) is 12.2 Å². The van der Waals surface area contributed by atoms with Gasteiger partial charge in [0, 0.05) is 16.6 Å². The number of carbonyl (C=O) groups excluding carboxylic acids is 1. The average molecular weight is 298 g/mol. The normalized spacial score (nSPS) is 13.5. The highest BCUT2D eigenvalue weighted by atomic mass is 32.2. The predicted molar refractivity (Wildman–Crippen MR) is 76.0 cm³/mol. The van der Waals surface area contributed by atoms with Crippen molar-refractivity contribution in [2.24, 2.45) is 0 Å². The average Bonchev–Trinajstić information content (AvgIpc) is 2.44. The fraction of sp³-hybridized carbons (Fsp3) is 0.429. The van der Waals surface area contributed by atoms with Gasteiger partial charge in [0.2, 0.25) is 0 Å². The molecule has 0 bridgehead atoms. The fourth-order valence-electron chi connectivity index (χ4n) is 1.46. The molecule has 0 aliphatic heterocycles. The van der Waals surface area contributed by atoms with Crippen LogP contribution in [0.4, 0.5) is 0 Å². The van der Waals surface area contributed by atoms with Crippen molar-refractivity contribution in [3.63, 3.8) is 0 Å². The maximum Gasteiger partial charge on any atom is 0.335 e. The standard InChI is InChI=1S/C14H18O5S/c1-3-8-19-14(17)10(2)20(18)9-11-4-6-12(7-5-11)13(15)16/h4-7,10H,3,8-9H2,1-2H3,(H,15,16). The van der Waals surface area contributed by atoms with E-state index in [4.69, 9.17) is 9.84 Å². The minimum absolute atomic E-state index is 0.176. The maximum atomic E-state index is 12.0. The first kappa shape index (κ1) is 16.4. The van der Waals surface area contributed by atoms with Crippen LogP contribution in [0.2, 0.25) is 0 Å². The zero-order chi connectivity index (χ0) is 15.1. The van der Waals surface area contributed by atoms with E-state index in [0.29, 0.717) is 6.61 Å². The molecule has 0 aliphatic carbocycles. The first-order valence-electron chi connectivity index (χ1n) is 6.31. The molecule has 0 spiro atoms. The number of esters is 1. The Balaban J connectivity index is 2.61. The molecule has 6 heteroatoms. The number of rotatable bonds is 7. The van der Waals surface area contributed by atoms with Gasteiger partial charge in [0.15, 0.2) is 0 Å². The number of hydrogen-bond donors (Lipinski definition) is 1. The fourth-order valence-corrected chi connectivity index (χ4v) is 2.51. The molecule has 1 N–H and O–H groups in total. The van der Waals surface area contributed by atoms with E-state index in [0.717, 1.165) is 12.0 Å². The predicted octanol–water partition coefficient (Wildman–Crippen LogP) is 1.98. The lowest BCUT2D eigenvalue weighted by atomic mass is 10.1. The second-order valence-corrected chi connectivity index (χ2v) is 6.09.